The number of hydrogen-bond acceptors (Lipinski definition) is 7. The maximum Gasteiger partial charge on any atom is 0.296 e. The molecule has 1 heterocycles. The van der Waals surface area contributed by atoms with Gasteiger partial charge in [-0.2, -0.15) is 9.78 Å². The highest BCUT2D eigenvalue weighted by atomic mass is 35.5. The van der Waals surface area contributed by atoms with Crippen molar-refractivity contribution in [1.82, 2.24) is 14.9 Å². The van der Waals surface area contributed by atoms with Gasteiger partial charge in [0.05, 0.1) is 18.3 Å². The Morgan fingerprint density at radius 1 is 1.45 bits per heavy atom. The van der Waals surface area contributed by atoms with Gasteiger partial charge in [-0.1, -0.05) is 23.4 Å². The van der Waals surface area contributed by atoms with Gasteiger partial charge in [-0.3, -0.25) is 4.79 Å². The standard InChI is InChI=1S/C13H13ClN4O3S/c1-7-12(20)18(13(22-3)17-16-7)15-6-8-4-5-9(21-2)11(19)10(8)14/h4-6,19H,1-3H3/b15-6-. The van der Waals surface area contributed by atoms with Gasteiger partial charge in [0.2, 0.25) is 5.16 Å². The molecule has 0 aliphatic carbocycles. The van der Waals surface area contributed by atoms with Crippen molar-refractivity contribution in [2.24, 2.45) is 5.10 Å². The number of phenols is 1. The monoisotopic (exact) mass is 340 g/mol. The second-order valence-corrected chi connectivity index (χ2v) is 5.30. The van der Waals surface area contributed by atoms with Crippen LogP contribution in [0.5, 0.6) is 11.5 Å². The highest BCUT2D eigenvalue weighted by molar-refractivity contribution is 7.98. The van der Waals surface area contributed by atoms with E-state index in [0.29, 0.717) is 10.7 Å². The number of rotatable bonds is 4. The fourth-order valence-electron chi connectivity index (χ4n) is 1.62. The van der Waals surface area contributed by atoms with Crippen LogP contribution >= 0.6 is 23.4 Å². The third kappa shape index (κ3) is 3.07. The van der Waals surface area contributed by atoms with Crippen molar-refractivity contribution < 1.29 is 9.84 Å². The molecule has 2 rings (SSSR count). The molecule has 0 unspecified atom stereocenters. The predicted octanol–water partition coefficient (Wildman–Crippen LogP) is 1.92. The van der Waals surface area contributed by atoms with Gasteiger partial charge in [-0.25, -0.2) is 0 Å². The number of aromatic hydroxyl groups is 1. The number of nitrogens with zero attached hydrogens (tertiary/aromatic N) is 4. The fraction of sp³-hybridized carbons (Fsp3) is 0.231. The molecular weight excluding hydrogens is 328 g/mol. The number of aromatic nitrogens is 3. The number of hydrogen-bond donors (Lipinski definition) is 1. The highest BCUT2D eigenvalue weighted by Gasteiger charge is 2.11. The summed E-state index contributed by atoms with van der Waals surface area (Å²) in [5, 5.41) is 22.0. The molecule has 7 nitrogen and oxygen atoms in total. The Labute approximate surface area is 135 Å². The molecule has 0 aliphatic heterocycles. The van der Waals surface area contributed by atoms with E-state index in [0.717, 1.165) is 4.68 Å². The lowest BCUT2D eigenvalue weighted by atomic mass is 10.2. The molecular formula is C13H13ClN4O3S. The van der Waals surface area contributed by atoms with Gasteiger partial charge in [0.15, 0.2) is 11.5 Å². The number of methoxy groups -OCH3 is 1. The molecule has 0 saturated heterocycles. The number of phenolic OH excluding ortho intramolecular Hbond substituents is 1. The largest absolute Gasteiger partial charge is 0.503 e. The Morgan fingerprint density at radius 3 is 2.82 bits per heavy atom. The van der Waals surface area contributed by atoms with Crippen LogP contribution in [0.15, 0.2) is 27.2 Å². The molecule has 0 atom stereocenters. The molecule has 0 fully saturated rings. The first kappa shape index (κ1) is 16.3. The molecule has 1 aromatic carbocycles. The van der Waals surface area contributed by atoms with Crippen molar-refractivity contribution in [3.05, 3.63) is 38.8 Å². The summed E-state index contributed by atoms with van der Waals surface area (Å²) in [6.45, 7) is 1.55. The molecule has 0 spiro atoms. The van der Waals surface area contributed by atoms with E-state index in [9.17, 15) is 9.90 Å². The van der Waals surface area contributed by atoms with Crippen LogP contribution in [-0.4, -0.2) is 39.6 Å². The van der Waals surface area contributed by atoms with Gasteiger partial charge >= 0.3 is 0 Å². The summed E-state index contributed by atoms with van der Waals surface area (Å²) >= 11 is 7.29. The number of benzene rings is 1. The van der Waals surface area contributed by atoms with Crippen molar-refractivity contribution in [2.45, 2.75) is 12.1 Å². The maximum absolute atomic E-state index is 12.1. The average molecular weight is 341 g/mol. The van der Waals surface area contributed by atoms with Gasteiger partial charge in [-0.15, -0.1) is 10.2 Å². The van der Waals surface area contributed by atoms with Crippen LogP contribution in [0.3, 0.4) is 0 Å². The number of halogens is 1. The van der Waals surface area contributed by atoms with E-state index in [1.165, 1.54) is 25.1 Å². The van der Waals surface area contributed by atoms with Gasteiger partial charge < -0.3 is 9.84 Å². The third-order valence-electron chi connectivity index (χ3n) is 2.79. The summed E-state index contributed by atoms with van der Waals surface area (Å²) in [5.74, 6) is 0.0696. The van der Waals surface area contributed by atoms with Crippen LogP contribution in [0, 0.1) is 6.92 Å². The molecule has 9 heteroatoms. The topological polar surface area (TPSA) is 89.6 Å². The minimum atomic E-state index is -0.371. The van der Waals surface area contributed by atoms with Crippen LogP contribution in [0.1, 0.15) is 11.3 Å². The predicted molar refractivity (Wildman–Crippen MR) is 85.5 cm³/mol. The smallest absolute Gasteiger partial charge is 0.296 e. The third-order valence-corrected chi connectivity index (χ3v) is 3.81. The number of thioether (sulfide) groups is 1. The SMILES string of the molecule is COc1ccc(/C=N\n2c(SC)nnc(C)c2=O)c(Cl)c1O. The minimum absolute atomic E-state index is 0.0839. The Bertz CT molecular complexity index is 792. The summed E-state index contributed by atoms with van der Waals surface area (Å²) in [6.07, 6.45) is 3.13. The zero-order valence-corrected chi connectivity index (χ0v) is 13.6. The normalized spacial score (nSPS) is 11.1. The summed E-state index contributed by atoms with van der Waals surface area (Å²) in [6, 6.07) is 3.17. The van der Waals surface area contributed by atoms with Crippen LogP contribution in [0.4, 0.5) is 0 Å². The molecule has 0 radical (unpaired) electrons. The molecule has 0 bridgehead atoms. The molecule has 0 amide bonds. The van der Waals surface area contributed by atoms with Gasteiger partial charge in [0, 0.05) is 5.56 Å². The van der Waals surface area contributed by atoms with Crippen LogP contribution in [0.25, 0.3) is 0 Å². The molecule has 0 saturated carbocycles. The fourth-order valence-corrected chi connectivity index (χ4v) is 2.25. The Balaban J connectivity index is 2.48. The van der Waals surface area contributed by atoms with E-state index in [-0.39, 0.29) is 27.8 Å². The first-order valence-electron chi connectivity index (χ1n) is 6.09. The maximum atomic E-state index is 12.1. The molecule has 1 N–H and O–H groups in total. The number of ether oxygens (including phenoxy) is 1. The number of aryl methyl sites for hydroxylation is 1. The second kappa shape index (κ2) is 6.80. The summed E-state index contributed by atoms with van der Waals surface area (Å²) < 4.78 is 6.09. The lowest BCUT2D eigenvalue weighted by Crippen LogP contribution is -2.23. The first-order valence-corrected chi connectivity index (χ1v) is 7.70. The molecule has 2 aromatic rings. The molecule has 116 valence electrons. The van der Waals surface area contributed by atoms with Gasteiger partial charge in [-0.05, 0) is 25.3 Å². The van der Waals surface area contributed by atoms with Crippen molar-refractivity contribution >= 4 is 29.6 Å². The van der Waals surface area contributed by atoms with Gasteiger partial charge in [0.1, 0.15) is 5.69 Å². The summed E-state index contributed by atoms with van der Waals surface area (Å²) in [5.41, 5.74) is 0.302. The average Bonchev–Trinajstić information content (AvgIpc) is 2.52. The lowest BCUT2D eigenvalue weighted by molar-refractivity contribution is 0.373. The summed E-state index contributed by atoms with van der Waals surface area (Å²) in [7, 11) is 1.43. The molecule has 0 aliphatic rings. The zero-order valence-electron chi connectivity index (χ0n) is 12.1. The van der Waals surface area contributed by atoms with Crippen LogP contribution in [0.2, 0.25) is 5.02 Å². The zero-order chi connectivity index (χ0) is 16.3. The van der Waals surface area contributed by atoms with Crippen molar-refractivity contribution in [1.29, 1.82) is 0 Å². The van der Waals surface area contributed by atoms with E-state index in [1.54, 1.807) is 25.3 Å². The van der Waals surface area contributed by atoms with E-state index in [4.69, 9.17) is 16.3 Å². The van der Waals surface area contributed by atoms with Crippen molar-refractivity contribution in [3.63, 3.8) is 0 Å². The van der Waals surface area contributed by atoms with E-state index >= 15 is 0 Å². The second-order valence-electron chi connectivity index (χ2n) is 4.15. The van der Waals surface area contributed by atoms with Crippen LogP contribution < -0.4 is 10.3 Å². The summed E-state index contributed by atoms with van der Waals surface area (Å²) in [4.78, 5) is 12.1. The Morgan fingerprint density at radius 2 is 2.18 bits per heavy atom. The van der Waals surface area contributed by atoms with Crippen LogP contribution in [-0.2, 0) is 0 Å². The van der Waals surface area contributed by atoms with E-state index < -0.39 is 0 Å². The van der Waals surface area contributed by atoms with Crippen molar-refractivity contribution in [3.8, 4) is 11.5 Å². The highest BCUT2D eigenvalue weighted by Crippen LogP contribution is 2.35. The minimum Gasteiger partial charge on any atom is -0.503 e. The first-order chi connectivity index (χ1) is 10.5. The van der Waals surface area contributed by atoms with E-state index in [1.807, 2.05) is 0 Å². The van der Waals surface area contributed by atoms with Gasteiger partial charge in [0.25, 0.3) is 5.56 Å². The van der Waals surface area contributed by atoms with E-state index in [2.05, 4.69) is 15.3 Å². The molecule has 22 heavy (non-hydrogen) atoms. The Kier molecular flexibility index (Phi) is 5.04. The quantitative estimate of drug-likeness (QED) is 0.675. The Hall–Kier alpha value is -2.06. The molecule has 1 aromatic heterocycles. The lowest BCUT2D eigenvalue weighted by Gasteiger charge is -2.07. The van der Waals surface area contributed by atoms with Crippen molar-refractivity contribution in [2.75, 3.05) is 13.4 Å².